The molecule has 0 spiro atoms. The minimum Gasteiger partial charge on any atom is -0.322 e. The van der Waals surface area contributed by atoms with Crippen LogP contribution in [0.25, 0.3) is 11.0 Å². The molecule has 0 unspecified atom stereocenters. The van der Waals surface area contributed by atoms with E-state index in [2.05, 4.69) is 28.6 Å². The smallest absolute Gasteiger partial charge is 0.129 e. The summed E-state index contributed by atoms with van der Waals surface area (Å²) in [6.07, 6.45) is 2.04. The lowest BCUT2D eigenvalue weighted by atomic mass is 10.3. The predicted octanol–water partition coefficient (Wildman–Crippen LogP) is 4.09. The zero-order valence-corrected chi connectivity index (χ0v) is 12.1. The molecule has 0 bridgehead atoms. The molecule has 0 aliphatic carbocycles. The minimum atomic E-state index is 0.531. The Balaban J connectivity index is 2.06. The van der Waals surface area contributed by atoms with Crippen LogP contribution in [0.15, 0.2) is 42.5 Å². The number of fused-ring (bicyclic) bond motifs is 1. The van der Waals surface area contributed by atoms with Gasteiger partial charge in [0.1, 0.15) is 11.0 Å². The standard InChI is InChI=1S/C16H16ClN3/c1-2-6-16-19-13-8-3-4-9-14(13)20(16)11-12-7-5-10-15(17)18-12/h3-5,7-10H,2,6,11H2,1H3. The van der Waals surface area contributed by atoms with E-state index in [4.69, 9.17) is 16.6 Å². The Morgan fingerprint density at radius 1 is 1.05 bits per heavy atom. The van der Waals surface area contributed by atoms with Crippen LogP contribution in [-0.4, -0.2) is 14.5 Å². The quantitative estimate of drug-likeness (QED) is 0.676. The topological polar surface area (TPSA) is 30.7 Å². The second-order valence-corrected chi connectivity index (χ2v) is 5.19. The Morgan fingerprint density at radius 2 is 1.90 bits per heavy atom. The normalized spacial score (nSPS) is 11.1. The molecule has 3 nitrogen and oxygen atoms in total. The molecule has 3 aromatic rings. The van der Waals surface area contributed by atoms with Gasteiger partial charge in [-0.2, -0.15) is 0 Å². The van der Waals surface area contributed by atoms with Gasteiger partial charge in [-0.25, -0.2) is 9.97 Å². The molecule has 2 heterocycles. The van der Waals surface area contributed by atoms with Gasteiger partial charge in [0.2, 0.25) is 0 Å². The molecule has 0 aliphatic heterocycles. The summed E-state index contributed by atoms with van der Waals surface area (Å²) in [5.74, 6) is 1.11. The summed E-state index contributed by atoms with van der Waals surface area (Å²) >= 11 is 5.97. The molecule has 0 saturated heterocycles. The van der Waals surface area contributed by atoms with Crippen LogP contribution in [0.4, 0.5) is 0 Å². The van der Waals surface area contributed by atoms with Crippen LogP contribution in [0.3, 0.4) is 0 Å². The fourth-order valence-electron chi connectivity index (χ4n) is 2.42. The number of aryl methyl sites for hydroxylation is 1. The monoisotopic (exact) mass is 285 g/mol. The molecular weight excluding hydrogens is 270 g/mol. The van der Waals surface area contributed by atoms with Crippen LogP contribution in [-0.2, 0) is 13.0 Å². The highest BCUT2D eigenvalue weighted by Crippen LogP contribution is 2.19. The summed E-state index contributed by atoms with van der Waals surface area (Å²) in [6, 6.07) is 13.9. The van der Waals surface area contributed by atoms with E-state index in [0.29, 0.717) is 11.7 Å². The maximum atomic E-state index is 5.97. The highest BCUT2D eigenvalue weighted by atomic mass is 35.5. The van der Waals surface area contributed by atoms with Crippen LogP contribution in [0.5, 0.6) is 0 Å². The Morgan fingerprint density at radius 3 is 2.70 bits per heavy atom. The van der Waals surface area contributed by atoms with Gasteiger partial charge in [0.25, 0.3) is 0 Å². The van der Waals surface area contributed by atoms with E-state index in [0.717, 1.165) is 35.4 Å². The molecule has 3 rings (SSSR count). The summed E-state index contributed by atoms with van der Waals surface area (Å²) in [4.78, 5) is 9.10. The molecular formula is C16H16ClN3. The first kappa shape index (κ1) is 13.1. The first-order chi connectivity index (χ1) is 9.78. The van der Waals surface area contributed by atoms with Gasteiger partial charge in [-0.15, -0.1) is 0 Å². The van der Waals surface area contributed by atoms with Crippen molar-refractivity contribution in [3.63, 3.8) is 0 Å². The first-order valence-electron chi connectivity index (χ1n) is 6.83. The Hall–Kier alpha value is -1.87. The number of hydrogen-bond acceptors (Lipinski definition) is 2. The highest BCUT2D eigenvalue weighted by molar-refractivity contribution is 6.29. The minimum absolute atomic E-state index is 0.531. The summed E-state index contributed by atoms with van der Waals surface area (Å²) in [5, 5.41) is 0.531. The molecule has 4 heteroatoms. The van der Waals surface area contributed by atoms with E-state index in [9.17, 15) is 0 Å². The summed E-state index contributed by atoms with van der Waals surface area (Å²) in [6.45, 7) is 2.87. The second kappa shape index (κ2) is 5.63. The van der Waals surface area contributed by atoms with Crippen LogP contribution in [0, 0.1) is 0 Å². The van der Waals surface area contributed by atoms with Crippen molar-refractivity contribution in [2.24, 2.45) is 0 Å². The largest absolute Gasteiger partial charge is 0.322 e. The van der Waals surface area contributed by atoms with Crippen molar-refractivity contribution in [2.45, 2.75) is 26.3 Å². The number of aromatic nitrogens is 3. The average molecular weight is 286 g/mol. The van der Waals surface area contributed by atoms with Gasteiger partial charge in [0, 0.05) is 6.42 Å². The van der Waals surface area contributed by atoms with E-state index in [1.165, 1.54) is 0 Å². The van der Waals surface area contributed by atoms with E-state index in [-0.39, 0.29) is 0 Å². The molecule has 0 saturated carbocycles. The average Bonchev–Trinajstić information content (AvgIpc) is 2.78. The third-order valence-electron chi connectivity index (χ3n) is 3.30. The van der Waals surface area contributed by atoms with E-state index >= 15 is 0 Å². The molecule has 0 aliphatic rings. The number of pyridine rings is 1. The number of benzene rings is 1. The number of rotatable bonds is 4. The van der Waals surface area contributed by atoms with Gasteiger partial charge in [0.05, 0.1) is 23.3 Å². The van der Waals surface area contributed by atoms with Gasteiger partial charge < -0.3 is 4.57 Å². The van der Waals surface area contributed by atoms with Crippen molar-refractivity contribution in [1.29, 1.82) is 0 Å². The van der Waals surface area contributed by atoms with Crippen molar-refractivity contribution >= 4 is 22.6 Å². The molecule has 1 aromatic carbocycles. The third kappa shape index (κ3) is 2.54. The van der Waals surface area contributed by atoms with Crippen LogP contribution in [0.2, 0.25) is 5.15 Å². The number of nitrogens with zero attached hydrogens (tertiary/aromatic N) is 3. The number of para-hydroxylation sites is 2. The van der Waals surface area contributed by atoms with Gasteiger partial charge in [-0.3, -0.25) is 0 Å². The highest BCUT2D eigenvalue weighted by Gasteiger charge is 2.10. The first-order valence-corrected chi connectivity index (χ1v) is 7.21. The lowest BCUT2D eigenvalue weighted by Crippen LogP contribution is -2.06. The van der Waals surface area contributed by atoms with Gasteiger partial charge >= 0.3 is 0 Å². The SMILES string of the molecule is CCCc1nc2ccccc2n1Cc1cccc(Cl)n1. The summed E-state index contributed by atoms with van der Waals surface area (Å²) in [7, 11) is 0. The molecule has 0 N–H and O–H groups in total. The van der Waals surface area contributed by atoms with Crippen LogP contribution >= 0.6 is 11.6 Å². The molecule has 0 amide bonds. The lowest BCUT2D eigenvalue weighted by Gasteiger charge is -2.08. The molecule has 2 aromatic heterocycles. The van der Waals surface area contributed by atoms with Gasteiger partial charge in [-0.05, 0) is 30.7 Å². The van der Waals surface area contributed by atoms with Crippen molar-refractivity contribution in [1.82, 2.24) is 14.5 Å². The molecule has 0 atom stereocenters. The Bertz CT molecular complexity index is 733. The van der Waals surface area contributed by atoms with E-state index in [1.807, 2.05) is 24.3 Å². The van der Waals surface area contributed by atoms with Crippen LogP contribution in [0.1, 0.15) is 24.9 Å². The van der Waals surface area contributed by atoms with E-state index < -0.39 is 0 Å². The molecule has 0 radical (unpaired) electrons. The van der Waals surface area contributed by atoms with Crippen molar-refractivity contribution in [2.75, 3.05) is 0 Å². The molecule has 0 fully saturated rings. The van der Waals surface area contributed by atoms with Gasteiger partial charge in [0.15, 0.2) is 0 Å². The van der Waals surface area contributed by atoms with Crippen LogP contribution < -0.4 is 0 Å². The lowest BCUT2D eigenvalue weighted by molar-refractivity contribution is 0.710. The Kier molecular flexibility index (Phi) is 3.70. The van der Waals surface area contributed by atoms with Crippen molar-refractivity contribution < 1.29 is 0 Å². The summed E-state index contributed by atoms with van der Waals surface area (Å²) < 4.78 is 2.23. The van der Waals surface area contributed by atoms with Gasteiger partial charge in [-0.1, -0.05) is 36.7 Å². The number of imidazole rings is 1. The second-order valence-electron chi connectivity index (χ2n) is 4.80. The maximum Gasteiger partial charge on any atom is 0.129 e. The third-order valence-corrected chi connectivity index (χ3v) is 3.51. The summed E-state index contributed by atoms with van der Waals surface area (Å²) in [5.41, 5.74) is 3.15. The molecule has 20 heavy (non-hydrogen) atoms. The fraction of sp³-hybridized carbons (Fsp3) is 0.250. The maximum absolute atomic E-state index is 5.97. The van der Waals surface area contributed by atoms with E-state index in [1.54, 1.807) is 6.07 Å². The number of halogens is 1. The van der Waals surface area contributed by atoms with Crippen molar-refractivity contribution in [3.8, 4) is 0 Å². The zero-order valence-electron chi connectivity index (χ0n) is 11.4. The predicted molar refractivity (Wildman–Crippen MR) is 82.1 cm³/mol. The number of hydrogen-bond donors (Lipinski definition) is 0. The van der Waals surface area contributed by atoms with Crippen molar-refractivity contribution in [3.05, 3.63) is 59.1 Å². The zero-order chi connectivity index (χ0) is 13.9. The molecule has 102 valence electrons. The fourth-order valence-corrected chi connectivity index (χ4v) is 2.60. The Labute approximate surface area is 123 Å².